The Morgan fingerprint density at radius 3 is 2.50 bits per heavy atom. The fourth-order valence-electron chi connectivity index (χ4n) is 4.84. The van der Waals surface area contributed by atoms with Crippen LogP contribution in [0.1, 0.15) is 43.0 Å². The summed E-state index contributed by atoms with van der Waals surface area (Å²) in [7, 11) is 4.38. The zero-order valence-corrected chi connectivity index (χ0v) is 18.2. The third-order valence-corrected chi connectivity index (χ3v) is 6.54. The first-order valence-electron chi connectivity index (χ1n) is 10.8. The van der Waals surface area contributed by atoms with Crippen molar-refractivity contribution < 1.29 is 4.79 Å². The zero-order valence-electron chi connectivity index (χ0n) is 18.2. The van der Waals surface area contributed by atoms with Crippen LogP contribution in [-0.4, -0.2) is 36.4 Å². The molecule has 4 heteroatoms. The highest BCUT2D eigenvalue weighted by Gasteiger charge is 2.36. The lowest BCUT2D eigenvalue weighted by atomic mass is 9.75. The minimum absolute atomic E-state index is 0.0203. The van der Waals surface area contributed by atoms with Gasteiger partial charge in [-0.1, -0.05) is 54.6 Å². The Bertz CT molecular complexity index is 1060. The van der Waals surface area contributed by atoms with Gasteiger partial charge < -0.3 is 10.3 Å². The third-order valence-electron chi connectivity index (χ3n) is 6.54. The molecule has 0 saturated carbocycles. The monoisotopic (exact) mass is 401 g/mol. The van der Waals surface area contributed by atoms with E-state index in [0.29, 0.717) is 6.54 Å². The van der Waals surface area contributed by atoms with E-state index in [1.54, 1.807) is 6.92 Å². The molecule has 0 spiro atoms. The van der Waals surface area contributed by atoms with Crippen LogP contribution in [0.25, 0.3) is 16.5 Å². The normalized spacial score (nSPS) is 19.1. The highest BCUT2D eigenvalue weighted by Crippen LogP contribution is 2.43. The van der Waals surface area contributed by atoms with E-state index in [0.717, 1.165) is 25.7 Å². The Morgan fingerprint density at radius 1 is 1.10 bits per heavy atom. The van der Waals surface area contributed by atoms with Crippen molar-refractivity contribution in [1.29, 1.82) is 0 Å². The summed E-state index contributed by atoms with van der Waals surface area (Å²) in [5.41, 5.74) is 6.52. The number of aromatic nitrogens is 1. The molecule has 0 saturated heterocycles. The first-order valence-corrected chi connectivity index (χ1v) is 10.8. The maximum absolute atomic E-state index is 11.4. The van der Waals surface area contributed by atoms with Gasteiger partial charge in [-0.3, -0.25) is 9.69 Å². The van der Waals surface area contributed by atoms with Gasteiger partial charge in [0.15, 0.2) is 0 Å². The Balaban J connectivity index is 1.68. The fourth-order valence-corrected chi connectivity index (χ4v) is 4.84. The van der Waals surface area contributed by atoms with Crippen LogP contribution in [0.2, 0.25) is 0 Å². The molecule has 1 unspecified atom stereocenters. The molecular weight excluding hydrogens is 370 g/mol. The molecule has 1 aliphatic carbocycles. The van der Waals surface area contributed by atoms with Gasteiger partial charge in [0.1, 0.15) is 0 Å². The van der Waals surface area contributed by atoms with E-state index in [4.69, 9.17) is 0 Å². The number of nitrogens with zero attached hydrogens (tertiary/aromatic N) is 1. The maximum atomic E-state index is 11.4. The van der Waals surface area contributed by atoms with Crippen LogP contribution in [0.3, 0.4) is 0 Å². The van der Waals surface area contributed by atoms with Gasteiger partial charge in [0, 0.05) is 35.6 Å². The minimum Gasteiger partial charge on any atom is -0.356 e. The number of carbonyl (C=O) groups excluding carboxylic acids is 1. The molecule has 0 bridgehead atoms. The van der Waals surface area contributed by atoms with Crippen molar-refractivity contribution in [3.63, 3.8) is 0 Å². The average molecular weight is 402 g/mol. The SMILES string of the molecule is CC(=O)NCCc1c(C2=CCC(c3ccccc3)(N(C)C)CC2)[nH]c2ccccc12. The van der Waals surface area contributed by atoms with Gasteiger partial charge in [-0.15, -0.1) is 0 Å². The van der Waals surface area contributed by atoms with E-state index in [1.807, 2.05) is 0 Å². The molecule has 4 nitrogen and oxygen atoms in total. The number of para-hydroxylation sites is 1. The van der Waals surface area contributed by atoms with Gasteiger partial charge in [-0.2, -0.15) is 0 Å². The molecule has 3 aromatic rings. The van der Waals surface area contributed by atoms with Crippen molar-refractivity contribution >= 4 is 22.4 Å². The standard InChI is InChI=1S/C26H31N3O/c1-19(30)27-18-15-23-22-11-7-8-12-24(22)28-25(23)20-13-16-26(17-14-20,29(2)3)21-9-5-4-6-10-21/h4-13,28H,14-18H2,1-3H3,(H,27,30). The summed E-state index contributed by atoms with van der Waals surface area (Å²) in [5.74, 6) is 0.0203. The number of aromatic amines is 1. The highest BCUT2D eigenvalue weighted by atomic mass is 16.1. The number of fused-ring (bicyclic) bond motifs is 1. The largest absolute Gasteiger partial charge is 0.356 e. The second kappa shape index (κ2) is 8.49. The molecular formula is C26H31N3O. The minimum atomic E-state index is 0.0203. The number of nitrogens with one attached hydrogen (secondary N) is 2. The Morgan fingerprint density at radius 2 is 1.83 bits per heavy atom. The number of hydrogen-bond acceptors (Lipinski definition) is 2. The predicted molar refractivity (Wildman–Crippen MR) is 124 cm³/mol. The Kier molecular flexibility index (Phi) is 5.78. The average Bonchev–Trinajstić information content (AvgIpc) is 3.13. The van der Waals surface area contributed by atoms with Gasteiger partial charge in [0.05, 0.1) is 0 Å². The molecule has 0 fully saturated rings. The van der Waals surface area contributed by atoms with Crippen molar-refractivity contribution in [3.8, 4) is 0 Å². The van der Waals surface area contributed by atoms with Crippen LogP contribution in [0, 0.1) is 0 Å². The van der Waals surface area contributed by atoms with Gasteiger partial charge in [0.2, 0.25) is 5.91 Å². The van der Waals surface area contributed by atoms with E-state index >= 15 is 0 Å². The smallest absolute Gasteiger partial charge is 0.216 e. The summed E-state index contributed by atoms with van der Waals surface area (Å²) < 4.78 is 0. The van der Waals surface area contributed by atoms with E-state index in [2.05, 4.69) is 90.0 Å². The summed E-state index contributed by atoms with van der Waals surface area (Å²) in [6, 6.07) is 19.3. The molecule has 156 valence electrons. The number of amides is 1. The summed E-state index contributed by atoms with van der Waals surface area (Å²) in [5, 5.41) is 4.21. The van der Waals surface area contributed by atoms with Crippen LogP contribution >= 0.6 is 0 Å². The molecule has 30 heavy (non-hydrogen) atoms. The molecule has 0 radical (unpaired) electrons. The van der Waals surface area contributed by atoms with Gasteiger partial charge in [-0.05, 0) is 62.5 Å². The van der Waals surface area contributed by atoms with Crippen LogP contribution in [0.4, 0.5) is 0 Å². The summed E-state index contributed by atoms with van der Waals surface area (Å²) in [6.45, 7) is 2.23. The van der Waals surface area contributed by atoms with Gasteiger partial charge in [-0.25, -0.2) is 0 Å². The highest BCUT2D eigenvalue weighted by molar-refractivity contribution is 5.89. The number of hydrogen-bond donors (Lipinski definition) is 2. The molecule has 1 aromatic heterocycles. The first kappa shape index (κ1) is 20.4. The van der Waals surface area contributed by atoms with Crippen molar-refractivity contribution in [2.75, 3.05) is 20.6 Å². The predicted octanol–water partition coefficient (Wildman–Crippen LogP) is 4.87. The molecule has 2 N–H and O–H groups in total. The lowest BCUT2D eigenvalue weighted by Crippen LogP contribution is -2.42. The van der Waals surface area contributed by atoms with Crippen LogP contribution < -0.4 is 5.32 Å². The molecule has 1 heterocycles. The molecule has 1 aliphatic rings. The van der Waals surface area contributed by atoms with Crippen LogP contribution in [0.5, 0.6) is 0 Å². The lowest BCUT2D eigenvalue weighted by molar-refractivity contribution is -0.118. The van der Waals surface area contributed by atoms with E-state index in [9.17, 15) is 4.79 Å². The van der Waals surface area contributed by atoms with Crippen molar-refractivity contribution in [2.45, 2.75) is 38.1 Å². The topological polar surface area (TPSA) is 48.1 Å². The molecule has 2 aromatic carbocycles. The van der Waals surface area contributed by atoms with Gasteiger partial charge >= 0.3 is 0 Å². The summed E-state index contributed by atoms with van der Waals surface area (Å²) in [4.78, 5) is 17.4. The number of allylic oxidation sites excluding steroid dienone is 1. The van der Waals surface area contributed by atoms with E-state index in [1.165, 1.54) is 33.3 Å². The second-order valence-electron chi connectivity index (χ2n) is 8.48. The fraction of sp³-hybridized carbons (Fsp3) is 0.346. The zero-order chi connectivity index (χ0) is 21.1. The Labute approximate surface area is 179 Å². The van der Waals surface area contributed by atoms with Crippen molar-refractivity contribution in [2.24, 2.45) is 0 Å². The third kappa shape index (κ3) is 3.80. The van der Waals surface area contributed by atoms with Gasteiger partial charge in [0.25, 0.3) is 0 Å². The number of carbonyl (C=O) groups is 1. The molecule has 1 amide bonds. The quantitative estimate of drug-likeness (QED) is 0.619. The van der Waals surface area contributed by atoms with E-state index in [-0.39, 0.29) is 11.4 Å². The maximum Gasteiger partial charge on any atom is 0.216 e. The molecule has 4 rings (SSSR count). The van der Waals surface area contributed by atoms with Crippen LogP contribution in [-0.2, 0) is 16.8 Å². The van der Waals surface area contributed by atoms with Crippen molar-refractivity contribution in [1.82, 2.24) is 15.2 Å². The summed E-state index contributed by atoms with van der Waals surface area (Å²) >= 11 is 0. The van der Waals surface area contributed by atoms with Crippen molar-refractivity contribution in [3.05, 3.63) is 77.5 Å². The number of benzene rings is 2. The lowest BCUT2D eigenvalue weighted by Gasteiger charge is -2.43. The number of H-pyrrole nitrogens is 1. The summed E-state index contributed by atoms with van der Waals surface area (Å²) in [6.07, 6.45) is 6.33. The second-order valence-corrected chi connectivity index (χ2v) is 8.48. The first-order chi connectivity index (χ1) is 14.5. The Hall–Kier alpha value is -2.85. The number of rotatable bonds is 6. The van der Waals surface area contributed by atoms with E-state index < -0.39 is 0 Å². The molecule has 1 atom stereocenters. The molecule has 0 aliphatic heterocycles. The van der Waals surface area contributed by atoms with Crippen LogP contribution in [0.15, 0.2) is 60.7 Å².